The molecule has 0 saturated carbocycles. The second-order valence-electron chi connectivity index (χ2n) is 5.89. The van der Waals surface area contributed by atoms with Crippen molar-refractivity contribution in [2.45, 2.75) is 6.42 Å². The Bertz CT molecular complexity index is 753. The Balaban J connectivity index is 1.56. The Morgan fingerprint density at radius 2 is 1.88 bits per heavy atom. The Labute approximate surface area is 151 Å². The van der Waals surface area contributed by atoms with Crippen molar-refractivity contribution in [1.29, 1.82) is 0 Å². The van der Waals surface area contributed by atoms with Crippen molar-refractivity contribution in [2.75, 3.05) is 33.3 Å². The maximum Gasteiger partial charge on any atom is 0.270 e. The van der Waals surface area contributed by atoms with Gasteiger partial charge in [0.25, 0.3) is 5.91 Å². The van der Waals surface area contributed by atoms with Gasteiger partial charge in [0.15, 0.2) is 0 Å². The third-order valence-corrected chi connectivity index (χ3v) is 4.70. The quantitative estimate of drug-likeness (QED) is 0.908. The number of H-pyrrole nitrogens is 1. The molecule has 25 heavy (non-hydrogen) atoms. The van der Waals surface area contributed by atoms with E-state index in [1.807, 2.05) is 6.07 Å². The molecule has 1 aliphatic heterocycles. The molecule has 0 spiro atoms. The van der Waals surface area contributed by atoms with E-state index in [4.69, 9.17) is 16.3 Å². The minimum Gasteiger partial charge on any atom is -0.497 e. The summed E-state index contributed by atoms with van der Waals surface area (Å²) in [4.78, 5) is 31.3. The molecule has 2 amide bonds. The van der Waals surface area contributed by atoms with Crippen LogP contribution in [0.25, 0.3) is 0 Å². The highest BCUT2D eigenvalue weighted by Gasteiger charge is 2.25. The molecule has 2 heterocycles. The number of methoxy groups -OCH3 is 1. The summed E-state index contributed by atoms with van der Waals surface area (Å²) >= 11 is 6.21. The van der Waals surface area contributed by atoms with Crippen LogP contribution in [0, 0.1) is 0 Å². The molecule has 1 aliphatic rings. The lowest BCUT2D eigenvalue weighted by Gasteiger charge is -2.34. The highest BCUT2D eigenvalue weighted by molar-refractivity contribution is 6.31. The van der Waals surface area contributed by atoms with Crippen molar-refractivity contribution in [3.8, 4) is 5.75 Å². The van der Waals surface area contributed by atoms with Crippen molar-refractivity contribution >= 4 is 23.4 Å². The molecule has 1 fully saturated rings. The average molecular weight is 362 g/mol. The number of benzene rings is 1. The molecule has 132 valence electrons. The second-order valence-corrected chi connectivity index (χ2v) is 6.30. The van der Waals surface area contributed by atoms with Gasteiger partial charge in [-0.3, -0.25) is 9.59 Å². The van der Waals surface area contributed by atoms with E-state index in [0.717, 1.165) is 5.56 Å². The van der Waals surface area contributed by atoms with Gasteiger partial charge in [0.2, 0.25) is 5.91 Å². The first-order valence-corrected chi connectivity index (χ1v) is 8.49. The molecule has 1 aromatic heterocycles. The molecule has 0 aliphatic carbocycles. The van der Waals surface area contributed by atoms with E-state index in [0.29, 0.717) is 42.6 Å². The van der Waals surface area contributed by atoms with Gasteiger partial charge in [0, 0.05) is 37.4 Å². The van der Waals surface area contributed by atoms with Crippen molar-refractivity contribution in [3.05, 3.63) is 52.8 Å². The maximum atomic E-state index is 12.5. The Kier molecular flexibility index (Phi) is 5.28. The molecule has 6 nitrogen and oxygen atoms in total. The van der Waals surface area contributed by atoms with Gasteiger partial charge in [-0.05, 0) is 29.8 Å². The van der Waals surface area contributed by atoms with Crippen LogP contribution >= 0.6 is 11.6 Å². The molecular weight excluding hydrogens is 342 g/mol. The van der Waals surface area contributed by atoms with E-state index < -0.39 is 0 Å². The van der Waals surface area contributed by atoms with E-state index in [1.165, 1.54) is 0 Å². The first kappa shape index (κ1) is 17.4. The third-order valence-electron chi connectivity index (χ3n) is 4.35. The lowest BCUT2D eigenvalue weighted by Crippen LogP contribution is -2.51. The molecule has 7 heteroatoms. The summed E-state index contributed by atoms with van der Waals surface area (Å²) in [5.41, 5.74) is 1.35. The van der Waals surface area contributed by atoms with Crippen LogP contribution in [0.2, 0.25) is 5.02 Å². The Morgan fingerprint density at radius 3 is 2.48 bits per heavy atom. The van der Waals surface area contributed by atoms with E-state index >= 15 is 0 Å². The lowest BCUT2D eigenvalue weighted by molar-refractivity contribution is -0.131. The normalized spacial score (nSPS) is 14.5. The zero-order valence-electron chi connectivity index (χ0n) is 14.0. The summed E-state index contributed by atoms with van der Waals surface area (Å²) in [6.07, 6.45) is 1.97. The van der Waals surface area contributed by atoms with Gasteiger partial charge in [-0.1, -0.05) is 17.7 Å². The number of ether oxygens (including phenoxy) is 1. The fraction of sp³-hybridized carbons (Fsp3) is 0.333. The zero-order valence-corrected chi connectivity index (χ0v) is 14.8. The number of carbonyl (C=O) groups is 2. The van der Waals surface area contributed by atoms with E-state index in [1.54, 1.807) is 47.4 Å². The topological polar surface area (TPSA) is 65.6 Å². The van der Waals surface area contributed by atoms with Gasteiger partial charge in [-0.2, -0.15) is 0 Å². The molecule has 0 unspecified atom stereocenters. The molecular formula is C18H20ClN3O3. The van der Waals surface area contributed by atoms with Crippen molar-refractivity contribution in [2.24, 2.45) is 0 Å². The number of amides is 2. The van der Waals surface area contributed by atoms with Crippen molar-refractivity contribution in [1.82, 2.24) is 14.8 Å². The van der Waals surface area contributed by atoms with Crippen LogP contribution in [-0.4, -0.2) is 59.9 Å². The van der Waals surface area contributed by atoms with E-state index in [-0.39, 0.29) is 18.2 Å². The number of hydrogen-bond donors (Lipinski definition) is 1. The van der Waals surface area contributed by atoms with Gasteiger partial charge >= 0.3 is 0 Å². The van der Waals surface area contributed by atoms with E-state index in [9.17, 15) is 9.59 Å². The maximum absolute atomic E-state index is 12.5. The number of carbonyl (C=O) groups excluding carboxylic acids is 2. The number of nitrogens with zero attached hydrogens (tertiary/aromatic N) is 2. The predicted molar refractivity (Wildman–Crippen MR) is 95.0 cm³/mol. The number of aromatic amines is 1. The summed E-state index contributed by atoms with van der Waals surface area (Å²) in [5.74, 6) is 0.645. The number of aromatic nitrogens is 1. The molecule has 0 radical (unpaired) electrons. The van der Waals surface area contributed by atoms with Crippen LogP contribution in [0.3, 0.4) is 0 Å². The SMILES string of the molecule is COc1ccc(CC(=O)N2CCN(C(=O)c3ccc[nH]3)CC2)c(Cl)c1. The van der Waals surface area contributed by atoms with Crippen molar-refractivity contribution in [3.63, 3.8) is 0 Å². The molecule has 0 bridgehead atoms. The minimum atomic E-state index is -0.0321. The zero-order chi connectivity index (χ0) is 17.8. The van der Waals surface area contributed by atoms with Crippen LogP contribution in [0.4, 0.5) is 0 Å². The number of halogens is 1. The average Bonchev–Trinajstić information content (AvgIpc) is 3.17. The fourth-order valence-corrected chi connectivity index (χ4v) is 3.10. The Hall–Kier alpha value is -2.47. The molecule has 2 aromatic rings. The van der Waals surface area contributed by atoms with Crippen LogP contribution < -0.4 is 4.74 Å². The van der Waals surface area contributed by atoms with Gasteiger partial charge in [0.05, 0.1) is 13.5 Å². The number of hydrogen-bond acceptors (Lipinski definition) is 3. The summed E-state index contributed by atoms with van der Waals surface area (Å²) in [5, 5.41) is 0.522. The van der Waals surface area contributed by atoms with Gasteiger partial charge < -0.3 is 19.5 Å². The molecule has 1 saturated heterocycles. The highest BCUT2D eigenvalue weighted by Crippen LogP contribution is 2.23. The smallest absolute Gasteiger partial charge is 0.270 e. The summed E-state index contributed by atoms with van der Waals surface area (Å²) in [6, 6.07) is 8.86. The second kappa shape index (κ2) is 7.61. The minimum absolute atomic E-state index is 0.0130. The number of piperazine rings is 1. The largest absolute Gasteiger partial charge is 0.497 e. The monoisotopic (exact) mass is 361 g/mol. The van der Waals surface area contributed by atoms with Crippen LogP contribution in [0.15, 0.2) is 36.5 Å². The van der Waals surface area contributed by atoms with Crippen LogP contribution in [-0.2, 0) is 11.2 Å². The van der Waals surface area contributed by atoms with Crippen LogP contribution in [0.1, 0.15) is 16.1 Å². The highest BCUT2D eigenvalue weighted by atomic mass is 35.5. The first-order chi connectivity index (χ1) is 12.1. The molecule has 3 rings (SSSR count). The van der Waals surface area contributed by atoms with Crippen molar-refractivity contribution < 1.29 is 14.3 Å². The van der Waals surface area contributed by atoms with Gasteiger partial charge in [-0.15, -0.1) is 0 Å². The number of nitrogens with one attached hydrogen (secondary N) is 1. The fourth-order valence-electron chi connectivity index (χ4n) is 2.87. The van der Waals surface area contributed by atoms with Crippen LogP contribution in [0.5, 0.6) is 5.75 Å². The van der Waals surface area contributed by atoms with E-state index in [2.05, 4.69) is 4.98 Å². The van der Waals surface area contributed by atoms with Gasteiger partial charge in [-0.25, -0.2) is 0 Å². The summed E-state index contributed by atoms with van der Waals surface area (Å²) in [6.45, 7) is 2.11. The molecule has 1 aromatic carbocycles. The first-order valence-electron chi connectivity index (χ1n) is 8.11. The number of rotatable bonds is 4. The predicted octanol–water partition coefficient (Wildman–Crippen LogP) is 2.20. The summed E-state index contributed by atoms with van der Waals surface area (Å²) < 4.78 is 5.12. The third kappa shape index (κ3) is 3.96. The lowest BCUT2D eigenvalue weighted by atomic mass is 10.1. The molecule has 0 atom stereocenters. The summed E-state index contributed by atoms with van der Waals surface area (Å²) in [7, 11) is 1.57. The Morgan fingerprint density at radius 1 is 1.16 bits per heavy atom. The molecule has 1 N–H and O–H groups in total. The standard InChI is InChI=1S/C18H20ClN3O3/c1-25-14-5-4-13(15(19)12-14)11-17(23)21-7-9-22(10-8-21)18(24)16-3-2-6-20-16/h2-6,12,20H,7-11H2,1H3. The van der Waals surface area contributed by atoms with Gasteiger partial charge in [0.1, 0.15) is 11.4 Å².